The van der Waals surface area contributed by atoms with Gasteiger partial charge in [0.15, 0.2) is 5.78 Å². The highest BCUT2D eigenvalue weighted by molar-refractivity contribution is 6.36. The van der Waals surface area contributed by atoms with E-state index in [0.717, 1.165) is 0 Å². The van der Waals surface area contributed by atoms with Gasteiger partial charge in [0, 0.05) is 31.0 Å². The van der Waals surface area contributed by atoms with Crippen LogP contribution in [0.4, 0.5) is 10.1 Å². The summed E-state index contributed by atoms with van der Waals surface area (Å²) in [6.07, 6.45) is -0.761. The van der Waals surface area contributed by atoms with E-state index in [2.05, 4.69) is 5.32 Å². The maximum Gasteiger partial charge on any atom is 0.218 e. The first kappa shape index (κ1) is 20.6. The molecule has 0 saturated heterocycles. The summed E-state index contributed by atoms with van der Waals surface area (Å²) in [6.45, 7) is 3.28. The van der Waals surface area contributed by atoms with Crippen LogP contribution in [0.25, 0.3) is 0 Å². The van der Waals surface area contributed by atoms with Gasteiger partial charge in [-0.1, -0.05) is 36.2 Å². The molecule has 2 aromatic rings. The van der Waals surface area contributed by atoms with Gasteiger partial charge in [0.25, 0.3) is 0 Å². The molecule has 0 radical (unpaired) electrons. The second-order valence-corrected chi connectivity index (χ2v) is 7.25. The van der Waals surface area contributed by atoms with Crippen LogP contribution in [0.3, 0.4) is 0 Å². The number of hydrogen-bond donors (Lipinski definition) is 3. The van der Waals surface area contributed by atoms with Crippen molar-refractivity contribution >= 4 is 40.6 Å². The Kier molecular flexibility index (Phi) is 6.88. The first-order valence-electron chi connectivity index (χ1n) is 9.14. The van der Waals surface area contributed by atoms with Gasteiger partial charge in [-0.25, -0.2) is 4.39 Å². The molecule has 0 fully saturated rings. The number of hydrogen-bond acceptors (Lipinski definition) is 4. The van der Waals surface area contributed by atoms with Crippen molar-refractivity contribution in [3.8, 4) is 0 Å². The number of nitrogens with two attached hydrogens (primary N) is 2. The number of nitrogen functional groups attached to an aromatic ring is 1. The summed E-state index contributed by atoms with van der Waals surface area (Å²) in [7, 11) is 0. The third-order valence-electron chi connectivity index (χ3n) is 4.25. The second-order valence-electron chi connectivity index (χ2n) is 6.44. The van der Waals surface area contributed by atoms with Gasteiger partial charge in [-0.15, -0.1) is 0 Å². The van der Waals surface area contributed by atoms with E-state index in [1.54, 1.807) is 13.8 Å². The maximum absolute atomic E-state index is 15.4. The standard InChI is InChI=1S/C20H22Cl2FN3O2/c1-3-16(26-10(2)8-17(25)27)12-5-6-13(21)18(19(12)23)20(28)11-4-7-15(24)14(22)9-11/h4-7,9-10,16,26H,3,8,24H2,1-2H3,(H2,25,27)/t10-,16-/m1/s1/i3D/t3-,10-,16-. The van der Waals surface area contributed by atoms with Crippen LogP contribution in [-0.4, -0.2) is 17.7 Å². The van der Waals surface area contributed by atoms with Crippen LogP contribution in [0.15, 0.2) is 30.3 Å². The van der Waals surface area contributed by atoms with Crippen molar-refractivity contribution in [2.75, 3.05) is 5.73 Å². The Morgan fingerprint density at radius 3 is 2.50 bits per heavy atom. The van der Waals surface area contributed by atoms with Gasteiger partial charge < -0.3 is 16.8 Å². The molecule has 3 atom stereocenters. The smallest absolute Gasteiger partial charge is 0.218 e. The number of nitrogens with one attached hydrogen (secondary N) is 1. The Morgan fingerprint density at radius 2 is 1.93 bits per heavy atom. The van der Waals surface area contributed by atoms with E-state index < -0.39 is 36.0 Å². The van der Waals surface area contributed by atoms with Crippen LogP contribution in [0, 0.1) is 5.82 Å². The number of carbonyl (C=O) groups excluding carboxylic acids is 2. The fraction of sp³-hybridized carbons (Fsp3) is 0.300. The topological polar surface area (TPSA) is 98.2 Å². The van der Waals surface area contributed by atoms with Gasteiger partial charge in [-0.2, -0.15) is 0 Å². The van der Waals surface area contributed by atoms with E-state index in [4.69, 9.17) is 36.0 Å². The van der Waals surface area contributed by atoms with Crippen molar-refractivity contribution in [1.82, 2.24) is 5.32 Å². The van der Waals surface area contributed by atoms with Crippen molar-refractivity contribution in [2.45, 2.75) is 38.7 Å². The predicted molar refractivity (Wildman–Crippen MR) is 110 cm³/mol. The summed E-state index contributed by atoms with van der Waals surface area (Å²) in [5.41, 5.74) is 11.1. The van der Waals surface area contributed by atoms with Crippen LogP contribution in [0.2, 0.25) is 10.0 Å². The molecule has 2 aromatic carbocycles. The van der Waals surface area contributed by atoms with E-state index >= 15 is 4.39 Å². The number of amides is 1. The minimum Gasteiger partial charge on any atom is -0.398 e. The average molecular weight is 427 g/mol. The number of primary amides is 1. The molecule has 8 heteroatoms. The molecule has 1 amide bonds. The third kappa shape index (κ3) is 5.01. The molecule has 150 valence electrons. The molecule has 2 rings (SSSR count). The molecule has 0 aromatic heterocycles. The van der Waals surface area contributed by atoms with Crippen molar-refractivity contribution in [3.05, 3.63) is 62.9 Å². The summed E-state index contributed by atoms with van der Waals surface area (Å²) in [4.78, 5) is 24.1. The number of benzene rings is 2. The molecule has 0 spiro atoms. The summed E-state index contributed by atoms with van der Waals surface area (Å²) in [5, 5.41) is 3.13. The van der Waals surface area contributed by atoms with Crippen molar-refractivity contribution in [2.24, 2.45) is 5.73 Å². The van der Waals surface area contributed by atoms with E-state index in [0.29, 0.717) is 5.69 Å². The third-order valence-corrected chi connectivity index (χ3v) is 4.89. The number of anilines is 1. The van der Waals surface area contributed by atoms with Gasteiger partial charge >= 0.3 is 0 Å². The van der Waals surface area contributed by atoms with Crippen LogP contribution < -0.4 is 16.8 Å². The molecule has 0 aliphatic rings. The molecule has 0 unspecified atom stereocenters. The van der Waals surface area contributed by atoms with Crippen LogP contribution in [-0.2, 0) is 4.79 Å². The van der Waals surface area contributed by atoms with Gasteiger partial charge in [0.05, 0.1) is 21.3 Å². The monoisotopic (exact) mass is 426 g/mol. The zero-order valence-corrected chi connectivity index (χ0v) is 16.9. The maximum atomic E-state index is 15.4. The lowest BCUT2D eigenvalue weighted by molar-refractivity contribution is -0.118. The normalized spacial score (nSPS) is 14.8. The van der Waals surface area contributed by atoms with Gasteiger partial charge in [-0.3, -0.25) is 9.59 Å². The molecule has 5 N–H and O–H groups in total. The predicted octanol–water partition coefficient (Wildman–Crippen LogP) is 4.25. The molecule has 5 nitrogen and oxygen atoms in total. The summed E-state index contributed by atoms with van der Waals surface area (Å²) < 4.78 is 23.5. The minimum absolute atomic E-state index is 0.0220. The highest BCUT2D eigenvalue weighted by atomic mass is 35.5. The molecule has 0 saturated carbocycles. The molecule has 28 heavy (non-hydrogen) atoms. The van der Waals surface area contributed by atoms with Gasteiger partial charge in [0.2, 0.25) is 5.91 Å². The number of halogens is 3. The van der Waals surface area contributed by atoms with Gasteiger partial charge in [0.1, 0.15) is 5.82 Å². The second kappa shape index (κ2) is 9.37. The molecular formula is C20H22Cl2FN3O2. The Bertz CT molecular complexity index is 940. The van der Waals surface area contributed by atoms with Crippen molar-refractivity contribution in [1.29, 1.82) is 0 Å². The van der Waals surface area contributed by atoms with Crippen molar-refractivity contribution in [3.63, 3.8) is 0 Å². The number of rotatable bonds is 8. The molecule has 0 heterocycles. The summed E-state index contributed by atoms with van der Waals surface area (Å²) in [5.74, 6) is -2.01. The van der Waals surface area contributed by atoms with Gasteiger partial charge in [-0.05, 0) is 37.6 Å². The average Bonchev–Trinajstić information content (AvgIpc) is 2.61. The fourth-order valence-electron chi connectivity index (χ4n) is 2.86. The number of ketones is 1. The Labute approximate surface area is 174 Å². The SMILES string of the molecule is [2H][C@H](C)[C@@H](N[C@H](C)CC(N)=O)c1ccc(Cl)c(C(=O)c2ccc(N)c(Cl)c2)c1F. The molecule has 0 bridgehead atoms. The Balaban J connectivity index is 2.48. The lowest BCUT2D eigenvalue weighted by Gasteiger charge is -2.23. The first-order chi connectivity index (χ1) is 13.5. The van der Waals surface area contributed by atoms with E-state index in [9.17, 15) is 9.59 Å². The summed E-state index contributed by atoms with van der Waals surface area (Å²) >= 11 is 12.1. The quantitative estimate of drug-likeness (QED) is 0.433. The highest BCUT2D eigenvalue weighted by Crippen LogP contribution is 2.31. The van der Waals surface area contributed by atoms with E-state index in [1.807, 2.05) is 0 Å². The zero-order valence-electron chi connectivity index (χ0n) is 16.4. The van der Waals surface area contributed by atoms with Crippen LogP contribution in [0.1, 0.15) is 55.6 Å². The van der Waals surface area contributed by atoms with Crippen LogP contribution >= 0.6 is 23.2 Å². The summed E-state index contributed by atoms with van der Waals surface area (Å²) in [6, 6.07) is 5.88. The Hall–Kier alpha value is -2.15. The van der Waals surface area contributed by atoms with E-state index in [1.165, 1.54) is 30.3 Å². The lowest BCUT2D eigenvalue weighted by atomic mass is 9.95. The highest BCUT2D eigenvalue weighted by Gasteiger charge is 2.25. The molecular weight excluding hydrogens is 404 g/mol. The lowest BCUT2D eigenvalue weighted by Crippen LogP contribution is -2.34. The van der Waals surface area contributed by atoms with Crippen molar-refractivity contribution < 1.29 is 15.4 Å². The first-order valence-corrected chi connectivity index (χ1v) is 9.32. The minimum atomic E-state index is -0.835. The fourth-order valence-corrected chi connectivity index (χ4v) is 3.27. The van der Waals surface area contributed by atoms with E-state index in [-0.39, 0.29) is 33.2 Å². The molecule has 0 aliphatic carbocycles. The number of carbonyl (C=O) groups is 2. The largest absolute Gasteiger partial charge is 0.398 e. The molecule has 0 aliphatic heterocycles. The zero-order chi connectivity index (χ0) is 21.9. The Morgan fingerprint density at radius 1 is 1.25 bits per heavy atom. The van der Waals surface area contributed by atoms with Crippen LogP contribution in [0.5, 0.6) is 0 Å².